The third-order valence-corrected chi connectivity index (χ3v) is 5.87. The number of carbonyl (C=O) groups is 2. The molecular formula is C21H22BrClN4O3. The smallest absolute Gasteiger partial charge is 0.319 e. The summed E-state index contributed by atoms with van der Waals surface area (Å²) in [5.74, 6) is -0.167. The number of amides is 3. The first kappa shape index (κ1) is 22.3. The minimum Gasteiger partial charge on any atom is -0.395 e. The standard InChI is InChI=1S/C21H22BrClN4O3/c1-21(2)19(29)27(3)15-9-8-14(25-20(30)24-10-11-28)17(22)16(15)18(26-21)12-6-4-5-7-13(12)23/h4-9,28H,10-11H2,1-3H3,(H2,24,25,30). The summed E-state index contributed by atoms with van der Waals surface area (Å²) in [7, 11) is 1.70. The van der Waals surface area contributed by atoms with Crippen molar-refractivity contribution in [1.29, 1.82) is 0 Å². The minimum atomic E-state index is -1.02. The third-order valence-electron chi connectivity index (χ3n) is 4.71. The molecule has 3 rings (SSSR count). The number of aliphatic hydroxyl groups excluding tert-OH is 1. The van der Waals surface area contributed by atoms with Crippen molar-refractivity contribution >= 4 is 56.6 Å². The lowest BCUT2D eigenvalue weighted by Gasteiger charge is -2.24. The summed E-state index contributed by atoms with van der Waals surface area (Å²) in [5, 5.41) is 14.7. The van der Waals surface area contributed by atoms with Gasteiger partial charge in [-0.3, -0.25) is 9.79 Å². The largest absolute Gasteiger partial charge is 0.395 e. The van der Waals surface area contributed by atoms with Gasteiger partial charge < -0.3 is 20.6 Å². The van der Waals surface area contributed by atoms with Gasteiger partial charge in [0.25, 0.3) is 5.91 Å². The van der Waals surface area contributed by atoms with Crippen LogP contribution in [0.4, 0.5) is 16.2 Å². The lowest BCUT2D eigenvalue weighted by molar-refractivity contribution is -0.122. The van der Waals surface area contributed by atoms with E-state index in [1.54, 1.807) is 44.0 Å². The van der Waals surface area contributed by atoms with Gasteiger partial charge in [-0.05, 0) is 48.0 Å². The van der Waals surface area contributed by atoms with Crippen LogP contribution in [0.3, 0.4) is 0 Å². The Labute approximate surface area is 188 Å². The van der Waals surface area contributed by atoms with Crippen LogP contribution in [0, 0.1) is 0 Å². The normalized spacial score (nSPS) is 15.2. The second-order valence-corrected chi connectivity index (χ2v) is 8.49. The minimum absolute atomic E-state index is 0.131. The molecule has 7 nitrogen and oxygen atoms in total. The molecule has 0 aliphatic carbocycles. The Morgan fingerprint density at radius 1 is 1.27 bits per heavy atom. The van der Waals surface area contributed by atoms with Crippen LogP contribution in [0.25, 0.3) is 0 Å². The van der Waals surface area contributed by atoms with Gasteiger partial charge in [-0.15, -0.1) is 0 Å². The molecule has 0 saturated heterocycles. The number of nitrogens with zero attached hydrogens (tertiary/aromatic N) is 2. The molecule has 0 radical (unpaired) electrons. The molecule has 0 bridgehead atoms. The van der Waals surface area contributed by atoms with Crippen molar-refractivity contribution in [3.63, 3.8) is 0 Å². The molecular weight excluding hydrogens is 472 g/mol. The van der Waals surface area contributed by atoms with E-state index < -0.39 is 11.6 Å². The second kappa shape index (κ2) is 8.75. The molecule has 2 aromatic carbocycles. The fourth-order valence-electron chi connectivity index (χ4n) is 3.25. The highest BCUT2D eigenvalue weighted by Crippen LogP contribution is 2.40. The molecule has 0 fully saturated rings. The first-order valence-corrected chi connectivity index (χ1v) is 10.5. The van der Waals surface area contributed by atoms with Crippen LogP contribution in [-0.2, 0) is 4.79 Å². The lowest BCUT2D eigenvalue weighted by atomic mass is 9.99. The van der Waals surface area contributed by atoms with Gasteiger partial charge in [0, 0.05) is 29.7 Å². The number of benzodiazepines with no additional fused rings is 1. The van der Waals surface area contributed by atoms with E-state index in [0.29, 0.717) is 37.7 Å². The molecule has 0 aromatic heterocycles. The van der Waals surface area contributed by atoms with Crippen molar-refractivity contribution in [1.82, 2.24) is 5.32 Å². The van der Waals surface area contributed by atoms with Gasteiger partial charge in [0.1, 0.15) is 5.54 Å². The van der Waals surface area contributed by atoms with Crippen molar-refractivity contribution in [2.45, 2.75) is 19.4 Å². The van der Waals surface area contributed by atoms with Crippen LogP contribution in [0.2, 0.25) is 5.02 Å². The summed E-state index contributed by atoms with van der Waals surface area (Å²) < 4.78 is 0.565. The average molecular weight is 494 g/mol. The number of aliphatic imine (C=N–C) groups is 1. The van der Waals surface area contributed by atoms with E-state index in [1.807, 2.05) is 18.2 Å². The van der Waals surface area contributed by atoms with Crippen molar-refractivity contribution in [2.24, 2.45) is 4.99 Å². The molecule has 30 heavy (non-hydrogen) atoms. The Kier molecular flexibility index (Phi) is 6.50. The van der Waals surface area contributed by atoms with E-state index in [2.05, 4.69) is 26.6 Å². The molecule has 3 N–H and O–H groups in total. The zero-order chi connectivity index (χ0) is 22.1. The SMILES string of the molecule is CN1C(=O)C(C)(C)N=C(c2ccccc2Cl)c2c1ccc(NC(=O)NCCO)c2Br. The van der Waals surface area contributed by atoms with E-state index >= 15 is 0 Å². The molecule has 0 atom stereocenters. The molecule has 3 amide bonds. The van der Waals surface area contributed by atoms with Crippen LogP contribution in [0.1, 0.15) is 25.0 Å². The van der Waals surface area contributed by atoms with Crippen LogP contribution in [0.15, 0.2) is 45.9 Å². The van der Waals surface area contributed by atoms with E-state index in [9.17, 15) is 9.59 Å². The van der Waals surface area contributed by atoms with Gasteiger partial charge in [-0.25, -0.2) is 4.79 Å². The summed E-state index contributed by atoms with van der Waals surface area (Å²) in [6.45, 7) is 3.48. The van der Waals surface area contributed by atoms with Crippen LogP contribution in [-0.4, -0.2) is 48.5 Å². The number of aliphatic hydroxyl groups is 1. The predicted octanol–water partition coefficient (Wildman–Crippen LogP) is 3.81. The van der Waals surface area contributed by atoms with E-state index in [4.69, 9.17) is 21.7 Å². The zero-order valence-corrected chi connectivity index (χ0v) is 19.1. The van der Waals surface area contributed by atoms with Gasteiger partial charge in [-0.1, -0.05) is 29.8 Å². The number of fused-ring (bicyclic) bond motifs is 1. The van der Waals surface area contributed by atoms with E-state index in [1.165, 1.54) is 0 Å². The molecule has 1 heterocycles. The van der Waals surface area contributed by atoms with Crippen LogP contribution in [0.5, 0.6) is 0 Å². The molecule has 2 aromatic rings. The molecule has 0 spiro atoms. The maximum absolute atomic E-state index is 13.1. The number of likely N-dealkylation sites (N-methyl/N-ethyl adjacent to an activating group) is 1. The number of urea groups is 1. The van der Waals surface area contributed by atoms with Gasteiger partial charge >= 0.3 is 6.03 Å². The maximum atomic E-state index is 13.1. The Hall–Kier alpha value is -2.42. The maximum Gasteiger partial charge on any atom is 0.319 e. The zero-order valence-electron chi connectivity index (χ0n) is 16.8. The molecule has 0 unspecified atom stereocenters. The summed E-state index contributed by atoms with van der Waals surface area (Å²) in [5.41, 5.74) is 1.98. The van der Waals surface area contributed by atoms with Crippen LogP contribution < -0.4 is 15.5 Å². The van der Waals surface area contributed by atoms with Crippen molar-refractivity contribution in [2.75, 3.05) is 30.4 Å². The average Bonchev–Trinajstić information content (AvgIpc) is 2.78. The van der Waals surface area contributed by atoms with Crippen molar-refractivity contribution in [3.05, 3.63) is 57.0 Å². The van der Waals surface area contributed by atoms with Gasteiger partial charge in [0.05, 0.1) is 28.2 Å². The number of anilines is 2. The fourth-order valence-corrected chi connectivity index (χ4v) is 4.10. The Morgan fingerprint density at radius 3 is 2.63 bits per heavy atom. The Balaban J connectivity index is 2.23. The molecule has 1 aliphatic heterocycles. The van der Waals surface area contributed by atoms with Crippen LogP contribution >= 0.6 is 27.5 Å². The monoisotopic (exact) mass is 492 g/mol. The molecule has 9 heteroatoms. The molecule has 1 aliphatic rings. The quantitative estimate of drug-likeness (QED) is 0.604. The highest BCUT2D eigenvalue weighted by molar-refractivity contribution is 9.10. The van der Waals surface area contributed by atoms with E-state index in [-0.39, 0.29) is 19.1 Å². The predicted molar refractivity (Wildman–Crippen MR) is 123 cm³/mol. The van der Waals surface area contributed by atoms with E-state index in [0.717, 1.165) is 0 Å². The summed E-state index contributed by atoms with van der Waals surface area (Å²) in [6, 6.07) is 10.3. The summed E-state index contributed by atoms with van der Waals surface area (Å²) in [6.07, 6.45) is 0. The first-order valence-electron chi connectivity index (χ1n) is 9.29. The first-order chi connectivity index (χ1) is 14.2. The van der Waals surface area contributed by atoms with Crippen molar-refractivity contribution < 1.29 is 14.7 Å². The van der Waals surface area contributed by atoms with Gasteiger partial charge in [0.2, 0.25) is 0 Å². The third kappa shape index (κ3) is 4.21. The number of hydrogen-bond donors (Lipinski definition) is 3. The topological polar surface area (TPSA) is 94.0 Å². The highest BCUT2D eigenvalue weighted by Gasteiger charge is 2.37. The Morgan fingerprint density at radius 2 is 1.97 bits per heavy atom. The highest BCUT2D eigenvalue weighted by atomic mass is 79.9. The number of nitrogens with one attached hydrogen (secondary N) is 2. The number of rotatable bonds is 4. The number of carbonyl (C=O) groups excluding carboxylic acids is 2. The Bertz CT molecular complexity index is 1040. The molecule has 158 valence electrons. The number of halogens is 2. The lowest BCUT2D eigenvalue weighted by Crippen LogP contribution is -2.41. The number of benzene rings is 2. The van der Waals surface area contributed by atoms with Crippen molar-refractivity contribution in [3.8, 4) is 0 Å². The molecule has 0 saturated carbocycles. The second-order valence-electron chi connectivity index (χ2n) is 7.29. The summed E-state index contributed by atoms with van der Waals surface area (Å²) in [4.78, 5) is 31.5. The van der Waals surface area contributed by atoms with Gasteiger partial charge in [0.15, 0.2) is 0 Å². The number of hydrogen-bond acceptors (Lipinski definition) is 4. The van der Waals surface area contributed by atoms with Gasteiger partial charge in [-0.2, -0.15) is 0 Å². The fraction of sp³-hybridized carbons (Fsp3) is 0.286. The summed E-state index contributed by atoms with van der Waals surface area (Å²) >= 11 is 10.1.